The normalized spacial score (nSPS) is 18.8. The Balaban J connectivity index is 1.44. The zero-order valence-electron chi connectivity index (χ0n) is 19.7. The number of ether oxygens (including phenoxy) is 1. The fourth-order valence-corrected chi connectivity index (χ4v) is 5.68. The SMILES string of the molecule is C=C(C(C1C=C[B]C1)C(C)N=C(N)N)N1CCOc2ccc(-c3cnc4sc(N)nc4c3)cc2C1. The van der Waals surface area contributed by atoms with Crippen molar-refractivity contribution in [2.75, 3.05) is 18.9 Å². The monoisotopic (exact) mass is 486 g/mol. The van der Waals surface area contributed by atoms with Crippen LogP contribution in [0.15, 0.2) is 59.8 Å². The van der Waals surface area contributed by atoms with Crippen molar-refractivity contribution in [3.05, 3.63) is 60.4 Å². The van der Waals surface area contributed by atoms with Gasteiger partial charge in [0.1, 0.15) is 30.0 Å². The summed E-state index contributed by atoms with van der Waals surface area (Å²) in [6.07, 6.45) is 5.05. The van der Waals surface area contributed by atoms with Crippen LogP contribution in [0.1, 0.15) is 12.5 Å². The van der Waals surface area contributed by atoms with Crippen molar-refractivity contribution in [1.29, 1.82) is 0 Å². The number of nitrogen functional groups attached to an aromatic ring is 1. The molecule has 5 rings (SSSR count). The molecule has 1 radical (unpaired) electrons. The van der Waals surface area contributed by atoms with E-state index in [4.69, 9.17) is 21.9 Å². The van der Waals surface area contributed by atoms with Crippen LogP contribution in [-0.2, 0) is 6.54 Å². The Kier molecular flexibility index (Phi) is 6.38. The number of aromatic nitrogens is 2. The lowest BCUT2D eigenvalue weighted by Gasteiger charge is -2.35. The van der Waals surface area contributed by atoms with Crippen molar-refractivity contribution in [3.63, 3.8) is 0 Å². The third-order valence-corrected chi connectivity index (χ3v) is 7.47. The third kappa shape index (κ3) is 4.84. The fourth-order valence-electron chi connectivity index (χ4n) is 5.03. The summed E-state index contributed by atoms with van der Waals surface area (Å²) in [6.45, 7) is 8.58. The molecule has 0 aliphatic carbocycles. The molecule has 0 bridgehead atoms. The molecule has 0 amide bonds. The largest absolute Gasteiger partial charge is 0.491 e. The van der Waals surface area contributed by atoms with E-state index in [0.29, 0.717) is 24.2 Å². The molecule has 8 nitrogen and oxygen atoms in total. The highest BCUT2D eigenvalue weighted by atomic mass is 32.1. The number of hydrogen-bond acceptors (Lipinski definition) is 7. The summed E-state index contributed by atoms with van der Waals surface area (Å²) < 4.78 is 6.11. The van der Waals surface area contributed by atoms with Gasteiger partial charge in [0.15, 0.2) is 11.1 Å². The number of guanidine groups is 1. The van der Waals surface area contributed by atoms with Gasteiger partial charge in [0, 0.05) is 35.5 Å². The molecule has 1 aromatic carbocycles. The van der Waals surface area contributed by atoms with Crippen molar-refractivity contribution < 1.29 is 4.74 Å². The third-order valence-electron chi connectivity index (χ3n) is 6.67. The predicted octanol–water partition coefficient (Wildman–Crippen LogP) is 3.19. The van der Waals surface area contributed by atoms with Gasteiger partial charge in [0.2, 0.25) is 0 Å². The highest BCUT2D eigenvalue weighted by molar-refractivity contribution is 7.21. The standard InChI is InChI=1S/C25H29BN7OS/c1-14(31-24(27)28)22(17-5-6-26-11-17)15(2)33-7-8-34-21-4-3-16(9-19(21)13-33)18-10-20-23(30-12-18)35-25(29)32-20/h3-6,9-10,12,14,17,22H,2,7-8,11,13H2,1H3,(H2,29,32)(H4,27,28,31). The second-order valence-electron chi connectivity index (χ2n) is 9.02. The molecule has 0 saturated carbocycles. The van der Waals surface area contributed by atoms with Gasteiger partial charge >= 0.3 is 0 Å². The Morgan fingerprint density at radius 1 is 1.31 bits per heavy atom. The first-order valence-corrected chi connectivity index (χ1v) is 12.5. The Bertz CT molecular complexity index is 1320. The van der Waals surface area contributed by atoms with E-state index in [-0.39, 0.29) is 17.9 Å². The van der Waals surface area contributed by atoms with Gasteiger partial charge in [-0.2, -0.15) is 0 Å². The van der Waals surface area contributed by atoms with E-state index in [2.05, 4.69) is 64.8 Å². The Morgan fingerprint density at radius 3 is 2.94 bits per heavy atom. The van der Waals surface area contributed by atoms with E-state index in [1.807, 2.05) is 18.3 Å². The fraction of sp³-hybridized carbons (Fsp3) is 0.320. The lowest BCUT2D eigenvalue weighted by atomic mass is 9.72. The summed E-state index contributed by atoms with van der Waals surface area (Å²) in [4.78, 5) is 16.5. The van der Waals surface area contributed by atoms with Crippen LogP contribution < -0.4 is 21.9 Å². The van der Waals surface area contributed by atoms with Crippen LogP contribution in [-0.4, -0.2) is 47.3 Å². The van der Waals surface area contributed by atoms with E-state index in [1.165, 1.54) is 11.3 Å². The predicted molar refractivity (Wildman–Crippen MR) is 144 cm³/mol. The minimum atomic E-state index is -0.0908. The molecule has 3 atom stereocenters. The van der Waals surface area contributed by atoms with Crippen LogP contribution in [0.4, 0.5) is 5.13 Å². The molecule has 2 aliphatic rings. The van der Waals surface area contributed by atoms with Gasteiger partial charge in [-0.25, -0.2) is 15.0 Å². The molecule has 2 aromatic heterocycles. The van der Waals surface area contributed by atoms with E-state index in [0.717, 1.165) is 51.3 Å². The number of nitrogens with two attached hydrogens (primary N) is 3. The average molecular weight is 486 g/mol. The Labute approximate surface area is 209 Å². The zero-order chi connectivity index (χ0) is 24.5. The smallest absolute Gasteiger partial charge is 0.186 e. The minimum Gasteiger partial charge on any atom is -0.491 e. The van der Waals surface area contributed by atoms with Crippen molar-refractivity contribution in [3.8, 4) is 16.9 Å². The maximum Gasteiger partial charge on any atom is 0.186 e. The number of rotatable bonds is 6. The molecular weight excluding hydrogens is 457 g/mol. The van der Waals surface area contributed by atoms with Crippen LogP contribution in [0.25, 0.3) is 21.5 Å². The minimum absolute atomic E-state index is 0.0820. The van der Waals surface area contributed by atoms with Gasteiger partial charge in [-0.15, -0.1) is 5.98 Å². The summed E-state index contributed by atoms with van der Waals surface area (Å²) in [5.74, 6) is 3.49. The van der Waals surface area contributed by atoms with E-state index >= 15 is 0 Å². The Morgan fingerprint density at radius 2 is 2.17 bits per heavy atom. The van der Waals surface area contributed by atoms with Crippen LogP contribution >= 0.6 is 11.3 Å². The molecule has 3 aromatic rings. The van der Waals surface area contributed by atoms with Crippen molar-refractivity contribution in [1.82, 2.24) is 14.9 Å². The number of thiazole rings is 1. The van der Waals surface area contributed by atoms with Crippen LogP contribution in [0.3, 0.4) is 0 Å². The van der Waals surface area contributed by atoms with E-state index < -0.39 is 0 Å². The molecule has 35 heavy (non-hydrogen) atoms. The van der Waals surface area contributed by atoms with Gasteiger partial charge in [0.25, 0.3) is 0 Å². The van der Waals surface area contributed by atoms with Crippen molar-refractivity contribution in [2.24, 2.45) is 28.3 Å². The highest BCUT2D eigenvalue weighted by Crippen LogP contribution is 2.37. The molecule has 0 spiro atoms. The van der Waals surface area contributed by atoms with Crippen LogP contribution in [0.2, 0.25) is 6.32 Å². The summed E-state index contributed by atoms with van der Waals surface area (Å²) in [5.41, 5.74) is 22.3. The number of anilines is 1. The topological polar surface area (TPSA) is 129 Å². The molecular formula is C25H29BN7OS. The lowest BCUT2D eigenvalue weighted by molar-refractivity contribution is 0.228. The Hall–Kier alpha value is -3.53. The first-order chi connectivity index (χ1) is 16.9. The van der Waals surface area contributed by atoms with Crippen molar-refractivity contribution in [2.45, 2.75) is 25.8 Å². The first-order valence-electron chi connectivity index (χ1n) is 11.7. The highest BCUT2D eigenvalue weighted by Gasteiger charge is 2.32. The number of hydrogen-bond donors (Lipinski definition) is 3. The number of nitrogens with zero attached hydrogens (tertiary/aromatic N) is 4. The molecule has 2 aliphatic heterocycles. The maximum atomic E-state index is 6.11. The van der Waals surface area contributed by atoms with Gasteiger partial charge < -0.3 is 26.8 Å². The quantitative estimate of drug-likeness (QED) is 0.277. The molecule has 6 N–H and O–H groups in total. The summed E-state index contributed by atoms with van der Waals surface area (Å²) in [5, 5.41) is 0.522. The van der Waals surface area contributed by atoms with Crippen LogP contribution in [0, 0.1) is 11.8 Å². The van der Waals surface area contributed by atoms with E-state index in [1.54, 1.807) is 0 Å². The van der Waals surface area contributed by atoms with Crippen LogP contribution in [0.5, 0.6) is 5.75 Å². The van der Waals surface area contributed by atoms with Gasteiger partial charge in [-0.3, -0.25) is 0 Å². The number of fused-ring (bicyclic) bond motifs is 2. The molecule has 0 saturated heterocycles. The molecule has 179 valence electrons. The summed E-state index contributed by atoms with van der Waals surface area (Å²) >= 11 is 1.39. The average Bonchev–Trinajstić information content (AvgIpc) is 3.41. The molecule has 10 heteroatoms. The number of pyridine rings is 1. The second kappa shape index (κ2) is 9.61. The van der Waals surface area contributed by atoms with Gasteiger partial charge in [-0.1, -0.05) is 36.4 Å². The summed E-state index contributed by atoms with van der Waals surface area (Å²) in [7, 11) is 2.18. The first kappa shape index (κ1) is 23.2. The van der Waals surface area contributed by atoms with Crippen molar-refractivity contribution >= 4 is 40.1 Å². The molecule has 4 heterocycles. The number of benzene rings is 1. The summed E-state index contributed by atoms with van der Waals surface area (Å²) in [6, 6.07) is 8.19. The number of aliphatic imine (C=N–C) groups is 1. The second-order valence-corrected chi connectivity index (χ2v) is 10.0. The van der Waals surface area contributed by atoms with E-state index in [9.17, 15) is 0 Å². The molecule has 3 unspecified atom stereocenters. The zero-order valence-corrected chi connectivity index (χ0v) is 20.5. The maximum absolute atomic E-state index is 6.11. The van der Waals surface area contributed by atoms with Gasteiger partial charge in [0.05, 0.1) is 12.6 Å². The van der Waals surface area contributed by atoms with Gasteiger partial charge in [-0.05, 0) is 36.6 Å². The molecule has 0 fully saturated rings. The lowest BCUT2D eigenvalue weighted by Crippen LogP contribution is -2.37. The number of allylic oxidation sites excluding steroid dienone is 1.